The lowest BCUT2D eigenvalue weighted by molar-refractivity contribution is -0.0346. The van der Waals surface area contributed by atoms with Crippen LogP contribution in [0.4, 0.5) is 0 Å². The van der Waals surface area contributed by atoms with Gasteiger partial charge < -0.3 is 4.90 Å². The van der Waals surface area contributed by atoms with E-state index in [1.165, 1.54) is 19.6 Å². The van der Waals surface area contributed by atoms with E-state index in [2.05, 4.69) is 51.6 Å². The third-order valence-electron chi connectivity index (χ3n) is 3.85. The molecule has 0 saturated carbocycles. The van der Waals surface area contributed by atoms with Crippen LogP contribution in [0.2, 0.25) is 0 Å². The van der Waals surface area contributed by atoms with Crippen molar-refractivity contribution in [1.82, 2.24) is 9.80 Å². The summed E-state index contributed by atoms with van der Waals surface area (Å²) in [4.78, 5) is 4.94. The van der Waals surface area contributed by atoms with Gasteiger partial charge in [0, 0.05) is 25.2 Å². The van der Waals surface area contributed by atoms with Crippen molar-refractivity contribution < 1.29 is 0 Å². The Hall–Kier alpha value is -0.0800. The van der Waals surface area contributed by atoms with Crippen LogP contribution in [0.1, 0.15) is 27.7 Å². The van der Waals surface area contributed by atoms with Gasteiger partial charge in [0.15, 0.2) is 0 Å². The molecule has 0 aromatic rings. The molecule has 1 saturated heterocycles. The summed E-state index contributed by atoms with van der Waals surface area (Å²) in [6.45, 7) is 12.9. The molecule has 13 heavy (non-hydrogen) atoms. The van der Waals surface area contributed by atoms with Gasteiger partial charge >= 0.3 is 0 Å². The lowest BCUT2D eigenvalue weighted by atomic mass is 9.72. The highest BCUT2D eigenvalue weighted by Gasteiger charge is 2.43. The van der Waals surface area contributed by atoms with Gasteiger partial charge in [0.1, 0.15) is 0 Å². The van der Waals surface area contributed by atoms with Gasteiger partial charge in [-0.05, 0) is 26.4 Å². The normalized spacial score (nSPS) is 33.7. The molecule has 0 amide bonds. The zero-order valence-corrected chi connectivity index (χ0v) is 10.0. The molecule has 1 atom stereocenters. The van der Waals surface area contributed by atoms with E-state index in [0.29, 0.717) is 11.0 Å². The van der Waals surface area contributed by atoms with Crippen molar-refractivity contribution in [2.24, 2.45) is 5.41 Å². The predicted molar refractivity (Wildman–Crippen MR) is 58.0 cm³/mol. The van der Waals surface area contributed by atoms with E-state index in [1.807, 2.05) is 0 Å². The van der Waals surface area contributed by atoms with Gasteiger partial charge in [0.05, 0.1) is 0 Å². The van der Waals surface area contributed by atoms with Crippen LogP contribution < -0.4 is 0 Å². The van der Waals surface area contributed by atoms with Crippen LogP contribution >= 0.6 is 0 Å². The van der Waals surface area contributed by atoms with Crippen LogP contribution in [0.5, 0.6) is 0 Å². The Bertz CT molecular complexity index is 183. The van der Waals surface area contributed by atoms with E-state index in [0.717, 1.165) is 0 Å². The Kier molecular flexibility index (Phi) is 2.75. The second-order valence-corrected chi connectivity index (χ2v) is 5.68. The quantitative estimate of drug-likeness (QED) is 0.565. The Balaban J connectivity index is 2.85. The van der Waals surface area contributed by atoms with Crippen molar-refractivity contribution in [2.45, 2.75) is 33.2 Å². The number of nitrogens with zero attached hydrogens (tertiary/aromatic N) is 2. The molecule has 2 heteroatoms. The SMILES string of the molecule is CN1CCN(C)C(C)(C(C)(C)C)C1. The largest absolute Gasteiger partial charge is 0.303 e. The first-order valence-corrected chi connectivity index (χ1v) is 5.17. The van der Waals surface area contributed by atoms with E-state index >= 15 is 0 Å². The van der Waals surface area contributed by atoms with Crippen LogP contribution in [-0.2, 0) is 0 Å². The first-order chi connectivity index (χ1) is 5.77. The third-order valence-corrected chi connectivity index (χ3v) is 3.85. The van der Waals surface area contributed by atoms with Crippen molar-refractivity contribution in [1.29, 1.82) is 0 Å². The van der Waals surface area contributed by atoms with E-state index in [9.17, 15) is 0 Å². The molecule has 0 aromatic carbocycles. The van der Waals surface area contributed by atoms with E-state index < -0.39 is 0 Å². The maximum atomic E-state index is 2.51. The molecule has 0 bridgehead atoms. The molecule has 0 spiro atoms. The maximum absolute atomic E-state index is 2.51. The van der Waals surface area contributed by atoms with Crippen molar-refractivity contribution in [2.75, 3.05) is 33.7 Å². The van der Waals surface area contributed by atoms with Gasteiger partial charge in [-0.3, -0.25) is 4.90 Å². The van der Waals surface area contributed by atoms with Crippen molar-refractivity contribution >= 4 is 0 Å². The molecule has 1 aliphatic heterocycles. The van der Waals surface area contributed by atoms with E-state index in [1.54, 1.807) is 0 Å². The topological polar surface area (TPSA) is 6.48 Å². The molecule has 1 rings (SSSR count). The highest BCUT2D eigenvalue weighted by molar-refractivity contribution is 4.99. The van der Waals surface area contributed by atoms with Crippen molar-refractivity contribution in [3.05, 3.63) is 0 Å². The molecule has 1 aliphatic rings. The second kappa shape index (κ2) is 3.25. The second-order valence-electron chi connectivity index (χ2n) is 5.68. The van der Waals surface area contributed by atoms with Gasteiger partial charge in [-0.25, -0.2) is 0 Å². The fourth-order valence-electron chi connectivity index (χ4n) is 2.10. The average molecular weight is 184 g/mol. The highest BCUT2D eigenvalue weighted by Crippen LogP contribution is 2.36. The highest BCUT2D eigenvalue weighted by atomic mass is 15.3. The lowest BCUT2D eigenvalue weighted by Gasteiger charge is -2.53. The average Bonchev–Trinajstić information content (AvgIpc) is 1.95. The zero-order valence-electron chi connectivity index (χ0n) is 10.0. The van der Waals surface area contributed by atoms with Crippen LogP contribution in [0.15, 0.2) is 0 Å². The molecule has 1 unspecified atom stereocenters. The summed E-state index contributed by atoms with van der Waals surface area (Å²) in [7, 11) is 4.47. The smallest absolute Gasteiger partial charge is 0.0353 e. The summed E-state index contributed by atoms with van der Waals surface area (Å²) in [5.74, 6) is 0. The summed E-state index contributed by atoms with van der Waals surface area (Å²) < 4.78 is 0. The van der Waals surface area contributed by atoms with Crippen LogP contribution in [0, 0.1) is 5.41 Å². The minimum absolute atomic E-state index is 0.306. The van der Waals surface area contributed by atoms with E-state index in [-0.39, 0.29) is 0 Å². The number of rotatable bonds is 0. The number of hydrogen-bond acceptors (Lipinski definition) is 2. The monoisotopic (exact) mass is 184 g/mol. The van der Waals surface area contributed by atoms with Gasteiger partial charge in [-0.1, -0.05) is 20.8 Å². The minimum Gasteiger partial charge on any atom is -0.303 e. The molecule has 78 valence electrons. The van der Waals surface area contributed by atoms with Gasteiger partial charge in [0.25, 0.3) is 0 Å². The lowest BCUT2D eigenvalue weighted by Crippen LogP contribution is -2.64. The Morgan fingerprint density at radius 2 is 1.62 bits per heavy atom. The Morgan fingerprint density at radius 3 is 2.00 bits per heavy atom. The zero-order chi connectivity index (χ0) is 10.3. The number of hydrogen-bond donors (Lipinski definition) is 0. The Labute approximate surface area is 82.9 Å². The minimum atomic E-state index is 0.306. The molecule has 0 aliphatic carbocycles. The summed E-state index contributed by atoms with van der Waals surface area (Å²) in [6, 6.07) is 0. The van der Waals surface area contributed by atoms with Crippen LogP contribution in [-0.4, -0.2) is 49.1 Å². The molecule has 0 radical (unpaired) electrons. The van der Waals surface area contributed by atoms with Crippen molar-refractivity contribution in [3.63, 3.8) is 0 Å². The molecule has 1 heterocycles. The summed E-state index contributed by atoms with van der Waals surface area (Å²) in [6.07, 6.45) is 0. The first kappa shape index (κ1) is 11.0. The number of likely N-dealkylation sites (N-methyl/N-ethyl adjacent to an activating group) is 2. The molecular weight excluding hydrogens is 160 g/mol. The molecular formula is C11H24N2. The van der Waals surface area contributed by atoms with Gasteiger partial charge in [-0.15, -0.1) is 0 Å². The van der Waals surface area contributed by atoms with Crippen molar-refractivity contribution in [3.8, 4) is 0 Å². The fraction of sp³-hybridized carbons (Fsp3) is 1.00. The summed E-state index contributed by atoms with van der Waals surface area (Å²) >= 11 is 0. The van der Waals surface area contributed by atoms with Crippen LogP contribution in [0.3, 0.4) is 0 Å². The van der Waals surface area contributed by atoms with Gasteiger partial charge in [0.2, 0.25) is 0 Å². The molecule has 0 aromatic heterocycles. The third kappa shape index (κ3) is 1.89. The summed E-state index contributed by atoms with van der Waals surface area (Å²) in [5, 5.41) is 0. The fourth-order valence-corrected chi connectivity index (χ4v) is 2.10. The Morgan fingerprint density at radius 1 is 1.08 bits per heavy atom. The number of piperazine rings is 1. The molecule has 0 N–H and O–H groups in total. The maximum Gasteiger partial charge on any atom is 0.0353 e. The predicted octanol–water partition coefficient (Wildman–Crippen LogP) is 1.67. The van der Waals surface area contributed by atoms with Gasteiger partial charge in [-0.2, -0.15) is 0 Å². The molecule has 1 fully saturated rings. The standard InChI is InChI=1S/C11H24N2/c1-10(2,3)11(4)9-12(5)7-8-13(11)6/h7-9H2,1-6H3. The molecule has 2 nitrogen and oxygen atoms in total. The van der Waals surface area contributed by atoms with Crippen LogP contribution in [0.25, 0.3) is 0 Å². The summed E-state index contributed by atoms with van der Waals surface area (Å²) in [5.41, 5.74) is 0.649. The first-order valence-electron chi connectivity index (χ1n) is 5.17. The van der Waals surface area contributed by atoms with E-state index in [4.69, 9.17) is 0 Å².